The molecule has 1 N–H and O–H groups in total. The highest BCUT2D eigenvalue weighted by molar-refractivity contribution is 5.93. The fourth-order valence-electron chi connectivity index (χ4n) is 2.32. The summed E-state index contributed by atoms with van der Waals surface area (Å²) in [6, 6.07) is 9.57. The summed E-state index contributed by atoms with van der Waals surface area (Å²) in [7, 11) is 0. The van der Waals surface area contributed by atoms with E-state index in [2.05, 4.69) is 10.3 Å². The van der Waals surface area contributed by atoms with Crippen molar-refractivity contribution in [3.05, 3.63) is 81.9 Å². The van der Waals surface area contributed by atoms with Gasteiger partial charge in [0.2, 0.25) is 0 Å². The second-order valence-electron chi connectivity index (χ2n) is 5.29. The van der Waals surface area contributed by atoms with Crippen molar-refractivity contribution in [2.45, 2.75) is 12.7 Å². The number of hydrogen-bond donors (Lipinski definition) is 1. The van der Waals surface area contributed by atoms with E-state index < -0.39 is 23.2 Å². The summed E-state index contributed by atoms with van der Waals surface area (Å²) >= 11 is 0. The lowest BCUT2D eigenvalue weighted by Gasteiger charge is -2.09. The smallest absolute Gasteiger partial charge is 0.348 e. The van der Waals surface area contributed by atoms with Crippen LogP contribution in [0.3, 0.4) is 0 Å². The maximum Gasteiger partial charge on any atom is 0.416 e. The van der Waals surface area contributed by atoms with Gasteiger partial charge in [-0.25, -0.2) is 4.98 Å². The first-order chi connectivity index (χ1) is 11.9. The highest BCUT2D eigenvalue weighted by Crippen LogP contribution is 2.29. The summed E-state index contributed by atoms with van der Waals surface area (Å²) in [5.74, 6) is -0.701. The summed E-state index contributed by atoms with van der Waals surface area (Å²) < 4.78 is 39.3. The van der Waals surface area contributed by atoms with E-state index in [4.69, 9.17) is 0 Å². The second-order valence-corrected chi connectivity index (χ2v) is 5.29. The summed E-state index contributed by atoms with van der Waals surface area (Å²) in [5.41, 5.74) is -0.867. The average molecular weight is 347 g/mol. The van der Waals surface area contributed by atoms with Crippen molar-refractivity contribution in [2.24, 2.45) is 0 Å². The molecule has 0 unspecified atom stereocenters. The Balaban J connectivity index is 1.80. The van der Waals surface area contributed by atoms with E-state index in [0.717, 1.165) is 18.3 Å². The molecule has 25 heavy (non-hydrogen) atoms. The number of aromatic nitrogens is 2. The van der Waals surface area contributed by atoms with Crippen LogP contribution in [0.25, 0.3) is 5.65 Å². The van der Waals surface area contributed by atoms with E-state index in [-0.39, 0.29) is 17.7 Å². The van der Waals surface area contributed by atoms with Gasteiger partial charge in [-0.05, 0) is 29.8 Å². The molecule has 0 saturated heterocycles. The molecular weight excluding hydrogens is 335 g/mol. The summed E-state index contributed by atoms with van der Waals surface area (Å²) in [4.78, 5) is 28.5. The zero-order chi connectivity index (χ0) is 18.0. The molecule has 0 fully saturated rings. The van der Waals surface area contributed by atoms with E-state index in [1.165, 1.54) is 22.7 Å². The molecular formula is C17H12F3N3O2. The van der Waals surface area contributed by atoms with Gasteiger partial charge in [0.15, 0.2) is 0 Å². The number of fused-ring (bicyclic) bond motifs is 1. The number of nitrogens with one attached hydrogen (secondary N) is 1. The fraction of sp³-hybridized carbons (Fsp3) is 0.118. The van der Waals surface area contributed by atoms with Crippen molar-refractivity contribution in [3.8, 4) is 0 Å². The topological polar surface area (TPSA) is 63.5 Å². The maximum absolute atomic E-state index is 12.7. The lowest BCUT2D eigenvalue weighted by molar-refractivity contribution is -0.137. The molecule has 2 aromatic heterocycles. The minimum absolute atomic E-state index is 0.139. The number of alkyl halides is 3. The van der Waals surface area contributed by atoms with Gasteiger partial charge in [0.05, 0.1) is 5.56 Å². The second kappa shape index (κ2) is 6.39. The Morgan fingerprint density at radius 3 is 2.72 bits per heavy atom. The van der Waals surface area contributed by atoms with E-state index in [1.54, 1.807) is 18.2 Å². The minimum Gasteiger partial charge on any atom is -0.348 e. The predicted molar refractivity (Wildman–Crippen MR) is 84.1 cm³/mol. The Labute approximate surface area is 139 Å². The van der Waals surface area contributed by atoms with Crippen LogP contribution in [0, 0.1) is 0 Å². The number of hydrogen-bond acceptors (Lipinski definition) is 3. The molecule has 0 aliphatic carbocycles. The molecule has 8 heteroatoms. The quantitative estimate of drug-likeness (QED) is 0.792. The monoisotopic (exact) mass is 347 g/mol. The molecule has 5 nitrogen and oxygen atoms in total. The normalized spacial score (nSPS) is 11.5. The van der Waals surface area contributed by atoms with E-state index in [0.29, 0.717) is 5.65 Å². The first-order valence-corrected chi connectivity index (χ1v) is 7.27. The van der Waals surface area contributed by atoms with Gasteiger partial charge in [0, 0.05) is 18.9 Å². The first kappa shape index (κ1) is 16.7. The Hall–Kier alpha value is -3.16. The molecule has 0 spiro atoms. The van der Waals surface area contributed by atoms with Gasteiger partial charge in [-0.1, -0.05) is 18.2 Å². The van der Waals surface area contributed by atoms with Gasteiger partial charge in [0.25, 0.3) is 11.5 Å². The average Bonchev–Trinajstić information content (AvgIpc) is 2.60. The summed E-state index contributed by atoms with van der Waals surface area (Å²) in [6.45, 7) is -0.139. The number of carbonyl (C=O) groups is 1. The van der Waals surface area contributed by atoms with Gasteiger partial charge in [0.1, 0.15) is 11.2 Å². The van der Waals surface area contributed by atoms with Crippen LogP contribution < -0.4 is 10.9 Å². The van der Waals surface area contributed by atoms with Gasteiger partial charge in [-0.3, -0.25) is 14.0 Å². The number of pyridine rings is 1. The predicted octanol–water partition coefficient (Wildman–Crippen LogP) is 2.64. The van der Waals surface area contributed by atoms with Crippen molar-refractivity contribution in [1.82, 2.24) is 14.7 Å². The highest BCUT2D eigenvalue weighted by Gasteiger charge is 2.30. The third-order valence-electron chi connectivity index (χ3n) is 3.57. The van der Waals surface area contributed by atoms with Crippen LogP contribution in [-0.4, -0.2) is 15.3 Å². The summed E-state index contributed by atoms with van der Waals surface area (Å²) in [6.07, 6.45) is -1.82. The molecule has 3 rings (SSSR count). The lowest BCUT2D eigenvalue weighted by atomic mass is 10.1. The third-order valence-corrected chi connectivity index (χ3v) is 3.57. The number of amides is 1. The van der Waals surface area contributed by atoms with Crippen molar-refractivity contribution in [2.75, 3.05) is 0 Å². The fourth-order valence-corrected chi connectivity index (χ4v) is 2.32. The van der Waals surface area contributed by atoms with Crippen LogP contribution in [0.2, 0.25) is 0 Å². The van der Waals surface area contributed by atoms with Gasteiger partial charge in [-0.2, -0.15) is 13.2 Å². The van der Waals surface area contributed by atoms with Crippen LogP contribution in [0.15, 0.2) is 59.7 Å². The molecule has 0 saturated carbocycles. The van der Waals surface area contributed by atoms with Crippen LogP contribution in [0.5, 0.6) is 0 Å². The van der Waals surface area contributed by atoms with Crippen LogP contribution in [-0.2, 0) is 12.7 Å². The number of carbonyl (C=O) groups excluding carboxylic acids is 1. The maximum atomic E-state index is 12.7. The molecule has 0 aliphatic heterocycles. The lowest BCUT2D eigenvalue weighted by Crippen LogP contribution is -2.31. The van der Waals surface area contributed by atoms with Gasteiger partial charge in [-0.15, -0.1) is 0 Å². The Bertz CT molecular complexity index is 996. The molecule has 3 aromatic rings. The zero-order valence-electron chi connectivity index (χ0n) is 12.7. The SMILES string of the molecule is O=C(NCc1cccc(C(F)(F)F)c1)c1cnc2ccccn2c1=O. The number of nitrogens with zero attached hydrogens (tertiary/aromatic N) is 2. The van der Waals surface area contributed by atoms with Crippen LogP contribution in [0.4, 0.5) is 13.2 Å². The van der Waals surface area contributed by atoms with E-state index >= 15 is 0 Å². The Morgan fingerprint density at radius 1 is 1.16 bits per heavy atom. The number of benzene rings is 1. The Morgan fingerprint density at radius 2 is 1.96 bits per heavy atom. The summed E-state index contributed by atoms with van der Waals surface area (Å²) in [5, 5.41) is 2.44. The Kier molecular flexibility index (Phi) is 4.26. The zero-order valence-corrected chi connectivity index (χ0v) is 12.7. The molecule has 1 amide bonds. The molecule has 1 aromatic carbocycles. The highest BCUT2D eigenvalue weighted by atomic mass is 19.4. The van der Waals surface area contributed by atoms with Crippen molar-refractivity contribution < 1.29 is 18.0 Å². The molecule has 0 bridgehead atoms. The van der Waals surface area contributed by atoms with Crippen molar-refractivity contribution in [1.29, 1.82) is 0 Å². The molecule has 0 aliphatic rings. The molecule has 128 valence electrons. The van der Waals surface area contributed by atoms with Crippen LogP contribution in [0.1, 0.15) is 21.5 Å². The van der Waals surface area contributed by atoms with Gasteiger partial charge < -0.3 is 5.32 Å². The third kappa shape index (κ3) is 3.52. The molecule has 2 heterocycles. The molecule has 0 radical (unpaired) electrons. The standard InChI is InChI=1S/C17H12F3N3O2/c18-17(19,20)12-5-3-4-11(8-12)9-22-15(24)13-10-21-14-6-1-2-7-23(14)16(13)25/h1-8,10H,9H2,(H,22,24). The number of rotatable bonds is 3. The minimum atomic E-state index is -4.46. The largest absolute Gasteiger partial charge is 0.416 e. The van der Waals surface area contributed by atoms with E-state index in [1.807, 2.05) is 0 Å². The van der Waals surface area contributed by atoms with Crippen LogP contribution >= 0.6 is 0 Å². The van der Waals surface area contributed by atoms with E-state index in [9.17, 15) is 22.8 Å². The van der Waals surface area contributed by atoms with Gasteiger partial charge >= 0.3 is 6.18 Å². The number of halogens is 3. The molecule has 0 atom stereocenters. The van der Waals surface area contributed by atoms with Crippen molar-refractivity contribution in [3.63, 3.8) is 0 Å². The first-order valence-electron chi connectivity index (χ1n) is 7.27. The van der Waals surface area contributed by atoms with Crippen molar-refractivity contribution >= 4 is 11.6 Å².